The maximum atomic E-state index is 10.8. The Morgan fingerprint density at radius 1 is 1.14 bits per heavy atom. The van der Waals surface area contributed by atoms with Crippen LogP contribution in [0.2, 0.25) is 0 Å². The topological polar surface area (TPSA) is 75.4 Å². The summed E-state index contributed by atoms with van der Waals surface area (Å²) in [5, 5.41) is 10.8. The fourth-order valence-electron chi connectivity index (χ4n) is 2.71. The third-order valence-corrected chi connectivity index (χ3v) is 3.85. The van der Waals surface area contributed by atoms with Crippen LogP contribution in [0.5, 0.6) is 0 Å². The van der Waals surface area contributed by atoms with Gasteiger partial charge in [0.2, 0.25) is 0 Å². The first-order valence-corrected chi connectivity index (χ1v) is 7.16. The molecule has 0 radical (unpaired) electrons. The van der Waals surface area contributed by atoms with Crippen LogP contribution in [0.15, 0.2) is 36.8 Å². The van der Waals surface area contributed by atoms with Crippen molar-refractivity contribution >= 4 is 17.2 Å². The summed E-state index contributed by atoms with van der Waals surface area (Å²) < 4.78 is 0. The summed E-state index contributed by atoms with van der Waals surface area (Å²) >= 11 is 0. The van der Waals surface area contributed by atoms with Crippen molar-refractivity contribution in [3.05, 3.63) is 52.5 Å². The Morgan fingerprint density at radius 3 is 2.36 bits per heavy atom. The van der Waals surface area contributed by atoms with Crippen molar-refractivity contribution in [3.63, 3.8) is 0 Å². The molecular formula is C15H17N5O2. The predicted octanol–water partition coefficient (Wildman–Crippen LogP) is 2.02. The summed E-state index contributed by atoms with van der Waals surface area (Å²) in [4.78, 5) is 23.2. The summed E-state index contributed by atoms with van der Waals surface area (Å²) in [6.07, 6.45) is 4.92. The molecule has 3 rings (SSSR count). The lowest BCUT2D eigenvalue weighted by atomic mass is 10.2. The molecule has 0 spiro atoms. The molecule has 1 aliphatic rings. The third-order valence-electron chi connectivity index (χ3n) is 3.85. The number of rotatable bonds is 3. The van der Waals surface area contributed by atoms with E-state index >= 15 is 0 Å². The fourth-order valence-corrected chi connectivity index (χ4v) is 2.71. The number of aryl methyl sites for hydroxylation is 1. The standard InChI is InChI=1S/C15H17N5O2/c1-12-10-14(20(21)22)11-17-15(12)19-8-6-18(7-9-19)13-2-4-16-5-3-13/h2-5,10-11H,6-9H2,1H3. The number of nitro groups is 1. The summed E-state index contributed by atoms with van der Waals surface area (Å²) in [5.74, 6) is 0.833. The van der Waals surface area contributed by atoms with E-state index in [0.29, 0.717) is 0 Å². The van der Waals surface area contributed by atoms with Crippen molar-refractivity contribution in [2.24, 2.45) is 0 Å². The Labute approximate surface area is 128 Å². The molecule has 7 nitrogen and oxygen atoms in total. The van der Waals surface area contributed by atoms with E-state index in [-0.39, 0.29) is 5.69 Å². The molecule has 0 N–H and O–H groups in total. The van der Waals surface area contributed by atoms with Gasteiger partial charge in [0.25, 0.3) is 5.69 Å². The largest absolute Gasteiger partial charge is 0.368 e. The molecule has 0 bridgehead atoms. The van der Waals surface area contributed by atoms with E-state index in [0.717, 1.165) is 37.6 Å². The summed E-state index contributed by atoms with van der Waals surface area (Å²) in [7, 11) is 0. The summed E-state index contributed by atoms with van der Waals surface area (Å²) in [6.45, 7) is 5.33. The van der Waals surface area contributed by atoms with Gasteiger partial charge in [-0.15, -0.1) is 0 Å². The number of pyridine rings is 2. The second-order valence-corrected chi connectivity index (χ2v) is 5.27. The normalized spacial score (nSPS) is 15.0. The Balaban J connectivity index is 1.70. The lowest BCUT2D eigenvalue weighted by Crippen LogP contribution is -2.47. The molecule has 1 fully saturated rings. The lowest BCUT2D eigenvalue weighted by molar-refractivity contribution is -0.385. The Hall–Kier alpha value is -2.70. The maximum absolute atomic E-state index is 10.8. The highest BCUT2D eigenvalue weighted by Gasteiger charge is 2.20. The monoisotopic (exact) mass is 299 g/mol. The van der Waals surface area contributed by atoms with Gasteiger partial charge in [-0.05, 0) is 24.6 Å². The summed E-state index contributed by atoms with van der Waals surface area (Å²) in [5.41, 5.74) is 2.05. The highest BCUT2D eigenvalue weighted by atomic mass is 16.6. The first-order chi connectivity index (χ1) is 10.6. The molecule has 7 heteroatoms. The van der Waals surface area contributed by atoms with Crippen LogP contribution in [0.25, 0.3) is 0 Å². The zero-order valence-corrected chi connectivity index (χ0v) is 12.3. The number of nitrogens with zero attached hydrogens (tertiary/aromatic N) is 5. The number of hydrogen-bond donors (Lipinski definition) is 0. The zero-order valence-electron chi connectivity index (χ0n) is 12.3. The van der Waals surface area contributed by atoms with E-state index in [1.807, 2.05) is 19.1 Å². The van der Waals surface area contributed by atoms with Crippen LogP contribution in [-0.2, 0) is 0 Å². The lowest BCUT2D eigenvalue weighted by Gasteiger charge is -2.37. The van der Waals surface area contributed by atoms with Crippen LogP contribution in [0.1, 0.15) is 5.56 Å². The minimum atomic E-state index is -0.412. The van der Waals surface area contributed by atoms with E-state index in [4.69, 9.17) is 0 Å². The fraction of sp³-hybridized carbons (Fsp3) is 0.333. The molecule has 2 aromatic heterocycles. The van der Waals surface area contributed by atoms with Crippen molar-refractivity contribution in [1.29, 1.82) is 0 Å². The van der Waals surface area contributed by atoms with Gasteiger partial charge in [0.1, 0.15) is 12.0 Å². The number of anilines is 2. The summed E-state index contributed by atoms with van der Waals surface area (Å²) in [6, 6.07) is 5.59. The van der Waals surface area contributed by atoms with Crippen molar-refractivity contribution in [1.82, 2.24) is 9.97 Å². The van der Waals surface area contributed by atoms with Crippen LogP contribution >= 0.6 is 0 Å². The van der Waals surface area contributed by atoms with Gasteiger partial charge in [-0.2, -0.15) is 0 Å². The molecule has 0 amide bonds. The molecule has 114 valence electrons. The average Bonchev–Trinajstić information content (AvgIpc) is 2.56. The average molecular weight is 299 g/mol. The Bertz CT molecular complexity index is 669. The van der Waals surface area contributed by atoms with Crippen LogP contribution in [0, 0.1) is 17.0 Å². The highest BCUT2D eigenvalue weighted by Crippen LogP contribution is 2.24. The van der Waals surface area contributed by atoms with E-state index < -0.39 is 4.92 Å². The van der Waals surface area contributed by atoms with Crippen LogP contribution in [0.4, 0.5) is 17.2 Å². The van der Waals surface area contributed by atoms with E-state index in [1.54, 1.807) is 18.5 Å². The number of piperazine rings is 1. The smallest absolute Gasteiger partial charge is 0.287 e. The molecule has 0 atom stereocenters. The van der Waals surface area contributed by atoms with Crippen LogP contribution in [0.3, 0.4) is 0 Å². The molecular weight excluding hydrogens is 282 g/mol. The van der Waals surface area contributed by atoms with Gasteiger partial charge in [-0.3, -0.25) is 15.1 Å². The van der Waals surface area contributed by atoms with Gasteiger partial charge in [-0.1, -0.05) is 0 Å². The van der Waals surface area contributed by atoms with Crippen molar-refractivity contribution in [2.75, 3.05) is 36.0 Å². The quantitative estimate of drug-likeness (QED) is 0.637. The first-order valence-electron chi connectivity index (χ1n) is 7.16. The van der Waals surface area contributed by atoms with Gasteiger partial charge in [0.05, 0.1) is 4.92 Å². The molecule has 1 aliphatic heterocycles. The van der Waals surface area contributed by atoms with Gasteiger partial charge < -0.3 is 9.80 Å². The first kappa shape index (κ1) is 14.2. The van der Waals surface area contributed by atoms with Gasteiger partial charge >= 0.3 is 0 Å². The molecule has 22 heavy (non-hydrogen) atoms. The van der Waals surface area contributed by atoms with E-state index in [2.05, 4.69) is 19.8 Å². The minimum absolute atomic E-state index is 0.0386. The van der Waals surface area contributed by atoms with Crippen LogP contribution in [-0.4, -0.2) is 41.1 Å². The highest BCUT2D eigenvalue weighted by molar-refractivity contribution is 5.53. The van der Waals surface area contributed by atoms with Crippen molar-refractivity contribution in [2.45, 2.75) is 6.92 Å². The predicted molar refractivity (Wildman–Crippen MR) is 84.3 cm³/mol. The molecule has 3 heterocycles. The second-order valence-electron chi connectivity index (χ2n) is 5.27. The van der Waals surface area contributed by atoms with E-state index in [9.17, 15) is 10.1 Å². The second kappa shape index (κ2) is 5.97. The van der Waals surface area contributed by atoms with Gasteiger partial charge in [-0.25, -0.2) is 4.98 Å². The van der Waals surface area contributed by atoms with Crippen molar-refractivity contribution < 1.29 is 4.92 Å². The third kappa shape index (κ3) is 2.83. The SMILES string of the molecule is Cc1cc([N+](=O)[O-])cnc1N1CCN(c2ccncc2)CC1. The Kier molecular flexibility index (Phi) is 3.86. The molecule has 1 saturated heterocycles. The van der Waals surface area contributed by atoms with Crippen LogP contribution < -0.4 is 9.80 Å². The van der Waals surface area contributed by atoms with Gasteiger partial charge in [0, 0.05) is 50.3 Å². The molecule has 0 saturated carbocycles. The number of hydrogen-bond acceptors (Lipinski definition) is 6. The molecule has 0 unspecified atom stereocenters. The zero-order chi connectivity index (χ0) is 15.5. The minimum Gasteiger partial charge on any atom is -0.368 e. The Morgan fingerprint density at radius 2 is 1.77 bits per heavy atom. The molecule has 0 aromatic carbocycles. The number of aromatic nitrogens is 2. The van der Waals surface area contributed by atoms with Crippen molar-refractivity contribution in [3.8, 4) is 0 Å². The van der Waals surface area contributed by atoms with E-state index in [1.165, 1.54) is 11.9 Å². The molecule has 2 aromatic rings. The van der Waals surface area contributed by atoms with Gasteiger partial charge in [0.15, 0.2) is 0 Å². The maximum Gasteiger partial charge on any atom is 0.287 e. The molecule has 0 aliphatic carbocycles.